The molecule has 2 aromatic heterocycles. The molecule has 0 fully saturated rings. The number of nitrogens with zero attached hydrogens (tertiary/aromatic N) is 4. The zero-order chi connectivity index (χ0) is 26.6. The second kappa shape index (κ2) is 11.0. The summed E-state index contributed by atoms with van der Waals surface area (Å²) in [5.74, 6) is -0.610. The smallest absolute Gasteiger partial charge is 0.269 e. The summed E-state index contributed by atoms with van der Waals surface area (Å²) in [5.41, 5.74) is 22.5. The van der Waals surface area contributed by atoms with Crippen LogP contribution >= 0.6 is 0 Å². The second-order valence-electron chi connectivity index (χ2n) is 7.96. The van der Waals surface area contributed by atoms with Gasteiger partial charge in [0, 0.05) is 60.4 Å². The Labute approximate surface area is 209 Å². The van der Waals surface area contributed by atoms with Gasteiger partial charge in [0.25, 0.3) is 5.91 Å². The molecule has 10 heteroatoms. The zero-order valence-electron chi connectivity index (χ0n) is 21.2. The molecule has 0 saturated heterocycles. The topological polar surface area (TPSA) is 147 Å². The van der Waals surface area contributed by atoms with Gasteiger partial charge in [-0.3, -0.25) is 14.5 Å². The van der Waals surface area contributed by atoms with Crippen LogP contribution in [0.3, 0.4) is 0 Å². The SMILES string of the molecule is CC.CCn1nc(C(N)=O)c2c1-c1cnc(N)c(c1)O[C@H](C)c1cc(F)ccc1/C(N)=C(/C=NC)C2. The van der Waals surface area contributed by atoms with Crippen LogP contribution in [0, 0.1) is 5.82 Å². The van der Waals surface area contributed by atoms with Crippen molar-refractivity contribution in [2.75, 3.05) is 12.8 Å². The number of halogens is 1. The Morgan fingerprint density at radius 1 is 1.31 bits per heavy atom. The Morgan fingerprint density at radius 2 is 2.03 bits per heavy atom. The minimum Gasteiger partial charge on any atom is -0.482 e. The van der Waals surface area contributed by atoms with Crippen LogP contribution in [0.25, 0.3) is 17.0 Å². The van der Waals surface area contributed by atoms with E-state index in [1.54, 1.807) is 43.2 Å². The Morgan fingerprint density at radius 3 is 2.67 bits per heavy atom. The number of ether oxygens (including phenoxy) is 1. The molecule has 0 saturated carbocycles. The number of primary amides is 1. The lowest BCUT2D eigenvalue weighted by Crippen LogP contribution is -2.16. The molecule has 1 amide bonds. The van der Waals surface area contributed by atoms with Gasteiger partial charge in [-0.2, -0.15) is 5.10 Å². The second-order valence-corrected chi connectivity index (χ2v) is 7.96. The standard InChI is InChI=1S/C24H26FN7O2.C2H6/c1-4-32-22-14-8-19(23(27)30-11-14)34-12(2)17-9-15(25)5-6-16(17)20(26)13(10-29-3)7-18(22)21(31-32)24(28)33;1-2/h5-6,8-12H,4,7,26H2,1-3H3,(H2,27,30)(H2,28,33);1-2H3/b20-13-,29-10?;/t12-;/m1./s1. The van der Waals surface area contributed by atoms with Crippen molar-refractivity contribution < 1.29 is 13.9 Å². The first kappa shape index (κ1) is 26.4. The number of hydrogen-bond donors (Lipinski definition) is 3. The van der Waals surface area contributed by atoms with Crippen molar-refractivity contribution in [3.05, 3.63) is 64.2 Å². The third-order valence-corrected chi connectivity index (χ3v) is 5.78. The number of anilines is 1. The molecule has 1 aliphatic rings. The molecule has 190 valence electrons. The van der Waals surface area contributed by atoms with E-state index in [2.05, 4.69) is 15.1 Å². The molecule has 9 nitrogen and oxygen atoms in total. The van der Waals surface area contributed by atoms with Crippen molar-refractivity contribution >= 4 is 23.6 Å². The summed E-state index contributed by atoms with van der Waals surface area (Å²) < 4.78 is 22.1. The Balaban J connectivity index is 0.00000176. The maximum absolute atomic E-state index is 14.2. The van der Waals surface area contributed by atoms with Crippen molar-refractivity contribution in [2.45, 2.75) is 46.8 Å². The summed E-state index contributed by atoms with van der Waals surface area (Å²) in [6.45, 7) is 8.16. The highest BCUT2D eigenvalue weighted by Gasteiger charge is 2.26. The molecule has 0 aliphatic carbocycles. The van der Waals surface area contributed by atoms with E-state index >= 15 is 0 Å². The number of nitrogen functional groups attached to an aromatic ring is 1. The van der Waals surface area contributed by atoms with Gasteiger partial charge in [0.15, 0.2) is 17.3 Å². The van der Waals surface area contributed by atoms with E-state index in [0.717, 1.165) is 0 Å². The molecule has 1 atom stereocenters. The fraction of sp³-hybridized carbons (Fsp3) is 0.308. The summed E-state index contributed by atoms with van der Waals surface area (Å²) >= 11 is 0. The normalized spacial score (nSPS) is 17.1. The van der Waals surface area contributed by atoms with E-state index in [1.165, 1.54) is 12.1 Å². The number of benzene rings is 1. The van der Waals surface area contributed by atoms with E-state index in [4.69, 9.17) is 21.9 Å². The number of carbonyl (C=O) groups excluding carboxylic acids is 1. The fourth-order valence-electron chi connectivity index (χ4n) is 4.19. The lowest BCUT2D eigenvalue weighted by molar-refractivity contribution is 0.0994. The maximum atomic E-state index is 14.2. The quantitative estimate of drug-likeness (QED) is 0.472. The Hall–Kier alpha value is -4.21. The van der Waals surface area contributed by atoms with Crippen molar-refractivity contribution in [3.63, 3.8) is 0 Å². The summed E-state index contributed by atoms with van der Waals surface area (Å²) in [4.78, 5) is 20.8. The Kier molecular flexibility index (Phi) is 8.08. The van der Waals surface area contributed by atoms with E-state index in [0.29, 0.717) is 51.5 Å². The van der Waals surface area contributed by atoms with Crippen molar-refractivity contribution in [1.29, 1.82) is 0 Å². The molecular weight excluding hydrogens is 461 g/mol. The Bertz CT molecular complexity index is 1340. The predicted molar refractivity (Wildman–Crippen MR) is 140 cm³/mol. The van der Waals surface area contributed by atoms with Crippen LogP contribution in [-0.2, 0) is 13.0 Å². The summed E-state index contributed by atoms with van der Waals surface area (Å²) in [6, 6.07) is 6.04. The van der Waals surface area contributed by atoms with Crippen molar-refractivity contribution in [1.82, 2.24) is 14.8 Å². The molecule has 1 aromatic carbocycles. The monoisotopic (exact) mass is 493 g/mol. The van der Waals surface area contributed by atoms with Gasteiger partial charge in [0.2, 0.25) is 0 Å². The first-order valence-electron chi connectivity index (χ1n) is 11.8. The van der Waals surface area contributed by atoms with Gasteiger partial charge in [0.05, 0.1) is 5.69 Å². The highest BCUT2D eigenvalue weighted by Crippen LogP contribution is 2.37. The van der Waals surface area contributed by atoms with E-state index < -0.39 is 17.8 Å². The van der Waals surface area contributed by atoms with E-state index in [9.17, 15) is 9.18 Å². The van der Waals surface area contributed by atoms with Crippen LogP contribution in [0.5, 0.6) is 5.75 Å². The average Bonchev–Trinajstić information content (AvgIpc) is 3.24. The van der Waals surface area contributed by atoms with Crippen LogP contribution in [-0.4, -0.2) is 33.9 Å². The highest BCUT2D eigenvalue weighted by molar-refractivity contribution is 5.97. The van der Waals surface area contributed by atoms with Gasteiger partial charge < -0.3 is 21.9 Å². The number of nitrogens with two attached hydrogens (primary N) is 3. The highest BCUT2D eigenvalue weighted by atomic mass is 19.1. The first-order valence-corrected chi connectivity index (χ1v) is 11.8. The van der Waals surface area contributed by atoms with Crippen LogP contribution < -0.4 is 21.9 Å². The lowest BCUT2D eigenvalue weighted by atomic mass is 9.93. The molecule has 3 heterocycles. The fourth-order valence-corrected chi connectivity index (χ4v) is 4.19. The summed E-state index contributed by atoms with van der Waals surface area (Å²) in [7, 11) is 1.62. The van der Waals surface area contributed by atoms with Gasteiger partial charge in [-0.25, -0.2) is 9.37 Å². The largest absolute Gasteiger partial charge is 0.482 e. The minimum atomic E-state index is -0.669. The summed E-state index contributed by atoms with van der Waals surface area (Å²) in [5, 5.41) is 4.45. The number of aromatic nitrogens is 3. The molecule has 4 rings (SSSR count). The first-order chi connectivity index (χ1) is 17.2. The van der Waals surface area contributed by atoms with E-state index in [1.807, 2.05) is 20.8 Å². The molecule has 36 heavy (non-hydrogen) atoms. The molecule has 3 aromatic rings. The number of aryl methyl sites for hydroxylation is 1. The zero-order valence-corrected chi connectivity index (χ0v) is 21.2. The molecule has 0 spiro atoms. The third-order valence-electron chi connectivity index (χ3n) is 5.78. The van der Waals surface area contributed by atoms with Gasteiger partial charge in [-0.15, -0.1) is 0 Å². The number of pyridine rings is 1. The minimum absolute atomic E-state index is 0.121. The predicted octanol–water partition coefficient (Wildman–Crippen LogP) is 3.88. The van der Waals surface area contributed by atoms with Gasteiger partial charge >= 0.3 is 0 Å². The number of amides is 1. The van der Waals surface area contributed by atoms with Crippen LogP contribution in [0.4, 0.5) is 10.2 Å². The summed E-state index contributed by atoms with van der Waals surface area (Å²) in [6.07, 6.45) is 2.82. The number of rotatable bonds is 3. The number of allylic oxidation sites excluding steroid dienone is 1. The van der Waals surface area contributed by atoms with E-state index in [-0.39, 0.29) is 17.9 Å². The molecule has 1 aliphatic heterocycles. The molecule has 0 radical (unpaired) electrons. The molecular formula is C26H32FN7O2. The van der Waals surface area contributed by atoms with Crippen LogP contribution in [0.1, 0.15) is 61.0 Å². The van der Waals surface area contributed by atoms with Crippen LogP contribution in [0.15, 0.2) is 41.0 Å². The van der Waals surface area contributed by atoms with Gasteiger partial charge in [0.1, 0.15) is 11.9 Å². The molecule has 0 unspecified atom stereocenters. The average molecular weight is 494 g/mol. The number of hydrogen-bond acceptors (Lipinski definition) is 7. The lowest BCUT2D eigenvalue weighted by Gasteiger charge is -2.22. The number of carbonyl (C=O) groups is 1. The van der Waals surface area contributed by atoms with Crippen LogP contribution in [0.2, 0.25) is 0 Å². The third kappa shape index (κ3) is 4.93. The molecule has 6 N–H and O–H groups in total. The number of fused-ring (bicyclic) bond motifs is 5. The molecule has 2 bridgehead atoms. The van der Waals surface area contributed by atoms with Gasteiger partial charge in [-0.1, -0.05) is 13.8 Å². The maximum Gasteiger partial charge on any atom is 0.269 e. The number of aliphatic imine (C=N–C) groups is 1. The van der Waals surface area contributed by atoms with Gasteiger partial charge in [-0.05, 0) is 43.7 Å². The van der Waals surface area contributed by atoms with Crippen molar-refractivity contribution in [2.24, 2.45) is 16.5 Å². The van der Waals surface area contributed by atoms with Crippen molar-refractivity contribution in [3.8, 4) is 17.0 Å².